The second-order valence-corrected chi connectivity index (χ2v) is 6.66. The smallest absolute Gasteiger partial charge is 0.311 e. The lowest BCUT2D eigenvalue weighted by Crippen LogP contribution is -2.26. The zero-order valence-electron chi connectivity index (χ0n) is 16.4. The van der Waals surface area contributed by atoms with Crippen molar-refractivity contribution in [1.82, 2.24) is 0 Å². The van der Waals surface area contributed by atoms with Crippen LogP contribution in [0.1, 0.15) is 22.8 Å². The predicted molar refractivity (Wildman–Crippen MR) is 112 cm³/mol. The lowest BCUT2D eigenvalue weighted by Gasteiger charge is -2.18. The summed E-state index contributed by atoms with van der Waals surface area (Å²) in [6, 6.07) is 23.6. The Kier molecular flexibility index (Phi) is 6.63. The van der Waals surface area contributed by atoms with Crippen molar-refractivity contribution in [3.05, 3.63) is 95.6 Å². The molecule has 3 aromatic rings. The average Bonchev–Trinajstić information content (AvgIpc) is 2.75. The van der Waals surface area contributed by atoms with Gasteiger partial charge < -0.3 is 14.8 Å². The summed E-state index contributed by atoms with van der Waals surface area (Å²) in [5, 5.41) is 2.82. The first-order chi connectivity index (χ1) is 14.0. The Morgan fingerprint density at radius 2 is 1.55 bits per heavy atom. The molecule has 0 unspecified atom stereocenters. The maximum absolute atomic E-state index is 12.9. The number of carbonyl (C=O) groups is 2. The number of benzene rings is 3. The van der Waals surface area contributed by atoms with E-state index in [0.29, 0.717) is 17.0 Å². The molecule has 0 fully saturated rings. The maximum atomic E-state index is 12.9. The van der Waals surface area contributed by atoms with Crippen LogP contribution in [0.5, 0.6) is 5.75 Å². The van der Waals surface area contributed by atoms with Gasteiger partial charge in [0.1, 0.15) is 5.75 Å². The van der Waals surface area contributed by atoms with Gasteiger partial charge in [0.25, 0.3) is 5.91 Å². The van der Waals surface area contributed by atoms with Gasteiger partial charge in [0, 0.05) is 11.3 Å². The van der Waals surface area contributed by atoms with Crippen LogP contribution in [-0.4, -0.2) is 19.0 Å². The van der Waals surface area contributed by atoms with Crippen LogP contribution in [0.4, 0.5) is 5.69 Å². The molecule has 3 aromatic carbocycles. The number of anilines is 1. The number of hydrogen-bond acceptors (Lipinski definition) is 4. The first-order valence-corrected chi connectivity index (χ1v) is 9.30. The zero-order valence-corrected chi connectivity index (χ0v) is 16.4. The number of carbonyl (C=O) groups excluding carboxylic acids is 2. The van der Waals surface area contributed by atoms with Crippen molar-refractivity contribution in [3.63, 3.8) is 0 Å². The Labute approximate surface area is 170 Å². The van der Waals surface area contributed by atoms with Crippen molar-refractivity contribution < 1.29 is 19.1 Å². The fourth-order valence-electron chi connectivity index (χ4n) is 2.83. The summed E-state index contributed by atoms with van der Waals surface area (Å²) in [6.07, 6.45) is -0.978. The molecule has 0 aliphatic rings. The molecular weight excluding hydrogens is 366 g/mol. The molecular formula is C24H23NO4. The minimum absolute atomic E-state index is 0.0607. The van der Waals surface area contributed by atoms with E-state index >= 15 is 0 Å². The van der Waals surface area contributed by atoms with Gasteiger partial charge in [-0.15, -0.1) is 0 Å². The maximum Gasteiger partial charge on any atom is 0.311 e. The van der Waals surface area contributed by atoms with Gasteiger partial charge in [-0.25, -0.2) is 0 Å². The number of amides is 1. The van der Waals surface area contributed by atoms with Crippen LogP contribution in [0, 0.1) is 6.92 Å². The summed E-state index contributed by atoms with van der Waals surface area (Å²) in [5.41, 5.74) is 3.13. The number of aryl methyl sites for hydroxylation is 1. The van der Waals surface area contributed by atoms with Crippen molar-refractivity contribution in [1.29, 1.82) is 0 Å². The molecule has 0 aliphatic heterocycles. The number of esters is 1. The first kappa shape index (κ1) is 20.1. The van der Waals surface area contributed by atoms with Crippen LogP contribution in [0.2, 0.25) is 0 Å². The molecule has 0 aromatic heterocycles. The Morgan fingerprint density at radius 3 is 2.17 bits per heavy atom. The van der Waals surface area contributed by atoms with E-state index in [1.54, 1.807) is 55.6 Å². The molecule has 5 nitrogen and oxygen atoms in total. The van der Waals surface area contributed by atoms with E-state index in [9.17, 15) is 9.59 Å². The van der Waals surface area contributed by atoms with Crippen LogP contribution in [0.25, 0.3) is 0 Å². The van der Waals surface area contributed by atoms with Crippen molar-refractivity contribution in [3.8, 4) is 5.75 Å². The van der Waals surface area contributed by atoms with Gasteiger partial charge in [-0.1, -0.05) is 60.2 Å². The average molecular weight is 389 g/mol. The van der Waals surface area contributed by atoms with E-state index in [4.69, 9.17) is 9.47 Å². The normalized spacial score (nSPS) is 11.4. The van der Waals surface area contributed by atoms with Gasteiger partial charge >= 0.3 is 5.97 Å². The van der Waals surface area contributed by atoms with Crippen LogP contribution < -0.4 is 10.1 Å². The summed E-state index contributed by atoms with van der Waals surface area (Å²) < 4.78 is 10.7. The molecule has 3 rings (SSSR count). The molecule has 148 valence electrons. The van der Waals surface area contributed by atoms with Crippen LogP contribution >= 0.6 is 0 Å². The van der Waals surface area contributed by atoms with E-state index in [0.717, 1.165) is 11.1 Å². The number of nitrogens with one attached hydrogen (secondary N) is 1. The Balaban J connectivity index is 1.73. The van der Waals surface area contributed by atoms with Crippen molar-refractivity contribution in [2.24, 2.45) is 0 Å². The largest absolute Gasteiger partial charge is 0.497 e. The summed E-state index contributed by atoms with van der Waals surface area (Å²) in [5.74, 6) is -0.173. The predicted octanol–water partition coefficient (Wildman–Crippen LogP) is 4.47. The van der Waals surface area contributed by atoms with Crippen molar-refractivity contribution >= 4 is 17.6 Å². The third kappa shape index (κ3) is 5.69. The fraction of sp³-hybridized carbons (Fsp3) is 0.167. The molecule has 0 heterocycles. The van der Waals surface area contributed by atoms with Crippen LogP contribution in [0.15, 0.2) is 78.9 Å². The molecule has 0 radical (unpaired) electrons. The second-order valence-electron chi connectivity index (χ2n) is 6.66. The molecule has 0 aliphatic carbocycles. The SMILES string of the molecule is COc1ccc(CC(=O)O[C@@H](C(=O)Nc2ccc(C)cc2)c2ccccc2)cc1. The molecule has 1 N–H and O–H groups in total. The highest BCUT2D eigenvalue weighted by Crippen LogP contribution is 2.21. The molecule has 29 heavy (non-hydrogen) atoms. The number of rotatable bonds is 7. The molecule has 0 saturated heterocycles. The van der Waals surface area contributed by atoms with Gasteiger partial charge in [-0.2, -0.15) is 0 Å². The molecule has 0 spiro atoms. The summed E-state index contributed by atoms with van der Waals surface area (Å²) in [4.78, 5) is 25.4. The van der Waals surface area contributed by atoms with Gasteiger partial charge in [-0.05, 0) is 36.8 Å². The summed E-state index contributed by atoms with van der Waals surface area (Å²) in [7, 11) is 1.58. The van der Waals surface area contributed by atoms with Crippen molar-refractivity contribution in [2.45, 2.75) is 19.4 Å². The van der Waals surface area contributed by atoms with E-state index in [-0.39, 0.29) is 6.42 Å². The molecule has 0 bridgehead atoms. The Bertz CT molecular complexity index is 950. The minimum atomic E-state index is -1.04. The Morgan fingerprint density at radius 1 is 0.897 bits per heavy atom. The minimum Gasteiger partial charge on any atom is -0.497 e. The van der Waals surface area contributed by atoms with E-state index in [1.807, 2.05) is 37.3 Å². The lowest BCUT2D eigenvalue weighted by molar-refractivity contribution is -0.154. The third-order valence-corrected chi connectivity index (χ3v) is 4.42. The summed E-state index contributed by atoms with van der Waals surface area (Å²) in [6.45, 7) is 1.97. The standard InChI is InChI=1S/C24H23NO4/c1-17-8-12-20(13-9-17)25-24(27)23(19-6-4-3-5-7-19)29-22(26)16-18-10-14-21(28-2)15-11-18/h3-15,23H,16H2,1-2H3,(H,25,27)/t23-/m1/s1. The number of ether oxygens (including phenoxy) is 2. The summed E-state index contributed by atoms with van der Waals surface area (Å²) >= 11 is 0. The quantitative estimate of drug-likeness (QED) is 0.606. The number of methoxy groups -OCH3 is 1. The molecule has 1 amide bonds. The van der Waals surface area contributed by atoms with Crippen molar-refractivity contribution in [2.75, 3.05) is 12.4 Å². The number of hydrogen-bond donors (Lipinski definition) is 1. The van der Waals surface area contributed by atoms with E-state index in [1.165, 1.54) is 0 Å². The van der Waals surface area contributed by atoms with Gasteiger partial charge in [0.2, 0.25) is 6.10 Å². The highest BCUT2D eigenvalue weighted by Gasteiger charge is 2.25. The highest BCUT2D eigenvalue weighted by molar-refractivity contribution is 5.96. The monoisotopic (exact) mass is 389 g/mol. The second kappa shape index (κ2) is 9.55. The highest BCUT2D eigenvalue weighted by atomic mass is 16.5. The van der Waals surface area contributed by atoms with E-state index < -0.39 is 18.0 Å². The van der Waals surface area contributed by atoms with Gasteiger partial charge in [-0.3, -0.25) is 9.59 Å². The molecule has 0 saturated carbocycles. The molecule has 5 heteroatoms. The Hall–Kier alpha value is -3.60. The van der Waals surface area contributed by atoms with Gasteiger partial charge in [0.05, 0.1) is 13.5 Å². The van der Waals surface area contributed by atoms with Gasteiger partial charge in [0.15, 0.2) is 0 Å². The van der Waals surface area contributed by atoms with Crippen LogP contribution in [0.3, 0.4) is 0 Å². The molecule has 1 atom stereocenters. The first-order valence-electron chi connectivity index (χ1n) is 9.30. The third-order valence-electron chi connectivity index (χ3n) is 4.42. The van der Waals surface area contributed by atoms with Crippen LogP contribution in [-0.2, 0) is 20.7 Å². The lowest BCUT2D eigenvalue weighted by atomic mass is 10.1. The zero-order chi connectivity index (χ0) is 20.6. The topological polar surface area (TPSA) is 64.6 Å². The fourth-order valence-corrected chi connectivity index (χ4v) is 2.83. The van der Waals surface area contributed by atoms with E-state index in [2.05, 4.69) is 5.32 Å².